The molecule has 0 unspecified atom stereocenters. The fourth-order valence-electron chi connectivity index (χ4n) is 1.98. The second-order valence-corrected chi connectivity index (χ2v) is 4.35. The zero-order chi connectivity index (χ0) is 14.8. The Morgan fingerprint density at radius 1 is 1.19 bits per heavy atom. The predicted molar refractivity (Wildman–Crippen MR) is 73.7 cm³/mol. The van der Waals surface area contributed by atoms with E-state index in [0.717, 1.165) is 5.56 Å². The Labute approximate surface area is 119 Å². The Bertz CT molecular complexity index is 782. The number of nitrogens with zero attached hydrogens (tertiary/aromatic N) is 3. The molecule has 3 rings (SSSR count). The number of pyridine rings is 1. The van der Waals surface area contributed by atoms with Crippen LogP contribution < -0.4 is 0 Å². The normalized spacial score (nSPS) is 10.5. The molecule has 0 atom stereocenters. The minimum absolute atomic E-state index is 0.0850. The number of aromatic nitrogens is 3. The molecule has 0 saturated carbocycles. The van der Waals surface area contributed by atoms with Gasteiger partial charge in [-0.25, -0.2) is 13.9 Å². The summed E-state index contributed by atoms with van der Waals surface area (Å²) >= 11 is 0. The van der Waals surface area contributed by atoms with Gasteiger partial charge in [0.2, 0.25) is 0 Å². The molecule has 104 valence electrons. The number of carboxylic acid groups (broad SMARTS) is 1. The van der Waals surface area contributed by atoms with Gasteiger partial charge in [-0.3, -0.25) is 4.98 Å². The van der Waals surface area contributed by atoms with Gasteiger partial charge in [0.15, 0.2) is 5.69 Å². The van der Waals surface area contributed by atoms with E-state index in [0.29, 0.717) is 11.4 Å². The Morgan fingerprint density at radius 2 is 1.95 bits per heavy atom. The summed E-state index contributed by atoms with van der Waals surface area (Å²) in [6.45, 7) is 0. The van der Waals surface area contributed by atoms with Crippen molar-refractivity contribution in [2.45, 2.75) is 0 Å². The number of carbonyl (C=O) groups is 1. The van der Waals surface area contributed by atoms with Gasteiger partial charge in [0.05, 0.1) is 11.4 Å². The van der Waals surface area contributed by atoms with Gasteiger partial charge in [-0.1, -0.05) is 0 Å². The second-order valence-electron chi connectivity index (χ2n) is 4.35. The van der Waals surface area contributed by atoms with Crippen LogP contribution in [-0.4, -0.2) is 25.8 Å². The fraction of sp³-hybridized carbons (Fsp3) is 0. The first-order chi connectivity index (χ1) is 10.1. The Hall–Kier alpha value is -3.02. The van der Waals surface area contributed by atoms with Crippen molar-refractivity contribution in [2.75, 3.05) is 0 Å². The summed E-state index contributed by atoms with van der Waals surface area (Å²) in [7, 11) is 0. The zero-order valence-electron chi connectivity index (χ0n) is 10.8. The average Bonchev–Trinajstić information content (AvgIpc) is 2.94. The van der Waals surface area contributed by atoms with Crippen LogP contribution in [0.3, 0.4) is 0 Å². The molecule has 0 aliphatic heterocycles. The van der Waals surface area contributed by atoms with Crippen LogP contribution in [0.2, 0.25) is 0 Å². The molecule has 0 amide bonds. The number of rotatable bonds is 3. The van der Waals surface area contributed by atoms with Gasteiger partial charge in [-0.2, -0.15) is 5.10 Å². The molecular weight excluding hydrogens is 273 g/mol. The lowest BCUT2D eigenvalue weighted by atomic mass is 10.2. The van der Waals surface area contributed by atoms with Gasteiger partial charge >= 0.3 is 5.97 Å². The maximum absolute atomic E-state index is 13.0. The molecule has 0 fully saturated rings. The van der Waals surface area contributed by atoms with Crippen molar-refractivity contribution in [1.82, 2.24) is 14.8 Å². The van der Waals surface area contributed by atoms with Crippen LogP contribution in [0, 0.1) is 5.82 Å². The first-order valence-electron chi connectivity index (χ1n) is 6.15. The standard InChI is InChI=1S/C15H10FN3O2/c16-11-3-5-12(6-4-11)19-14(8-13(18-19)15(20)21)10-2-1-7-17-9-10/h1-9H,(H,20,21). The third-order valence-electron chi connectivity index (χ3n) is 2.96. The molecule has 2 aromatic heterocycles. The third kappa shape index (κ3) is 2.51. The molecule has 0 aliphatic carbocycles. The first kappa shape index (κ1) is 13.0. The molecule has 3 aromatic rings. The van der Waals surface area contributed by atoms with Crippen molar-refractivity contribution in [3.63, 3.8) is 0 Å². The number of benzene rings is 1. The molecule has 0 aliphatic rings. The molecule has 2 heterocycles. The van der Waals surface area contributed by atoms with E-state index in [1.165, 1.54) is 35.0 Å². The van der Waals surface area contributed by atoms with E-state index in [2.05, 4.69) is 10.1 Å². The first-order valence-corrected chi connectivity index (χ1v) is 6.15. The molecule has 6 heteroatoms. The van der Waals surface area contributed by atoms with Crippen LogP contribution in [0.25, 0.3) is 16.9 Å². The predicted octanol–water partition coefficient (Wildman–Crippen LogP) is 2.77. The fourth-order valence-corrected chi connectivity index (χ4v) is 1.98. The SMILES string of the molecule is O=C(O)c1cc(-c2cccnc2)n(-c2ccc(F)cc2)n1. The van der Waals surface area contributed by atoms with E-state index in [9.17, 15) is 9.18 Å². The molecule has 21 heavy (non-hydrogen) atoms. The summed E-state index contributed by atoms with van der Waals surface area (Å²) in [5, 5.41) is 13.2. The van der Waals surface area contributed by atoms with E-state index >= 15 is 0 Å². The Kier molecular flexibility index (Phi) is 3.19. The highest BCUT2D eigenvalue weighted by molar-refractivity contribution is 5.87. The lowest BCUT2D eigenvalue weighted by Crippen LogP contribution is -2.02. The lowest BCUT2D eigenvalue weighted by Gasteiger charge is -2.07. The van der Waals surface area contributed by atoms with Crippen LogP contribution in [0.1, 0.15) is 10.5 Å². The van der Waals surface area contributed by atoms with Crippen molar-refractivity contribution in [3.05, 3.63) is 66.4 Å². The summed E-state index contributed by atoms with van der Waals surface area (Å²) < 4.78 is 14.5. The maximum Gasteiger partial charge on any atom is 0.356 e. The Balaban J connectivity index is 2.19. The minimum Gasteiger partial charge on any atom is -0.476 e. The van der Waals surface area contributed by atoms with E-state index < -0.39 is 5.97 Å². The highest BCUT2D eigenvalue weighted by Gasteiger charge is 2.15. The zero-order valence-corrected chi connectivity index (χ0v) is 10.8. The minimum atomic E-state index is -1.12. The highest BCUT2D eigenvalue weighted by atomic mass is 19.1. The molecule has 1 N–H and O–H groups in total. The van der Waals surface area contributed by atoms with Gasteiger partial charge in [0.25, 0.3) is 0 Å². The van der Waals surface area contributed by atoms with E-state index in [4.69, 9.17) is 5.11 Å². The van der Waals surface area contributed by atoms with Gasteiger partial charge in [-0.05, 0) is 42.5 Å². The van der Waals surface area contributed by atoms with Crippen LogP contribution in [0.5, 0.6) is 0 Å². The van der Waals surface area contributed by atoms with Crippen molar-refractivity contribution in [2.24, 2.45) is 0 Å². The summed E-state index contributed by atoms with van der Waals surface area (Å²) in [5.74, 6) is -1.49. The summed E-state index contributed by atoms with van der Waals surface area (Å²) in [6, 6.07) is 10.7. The van der Waals surface area contributed by atoms with Crippen LogP contribution in [0.15, 0.2) is 54.9 Å². The third-order valence-corrected chi connectivity index (χ3v) is 2.96. The summed E-state index contributed by atoms with van der Waals surface area (Å²) in [5.41, 5.74) is 1.79. The highest BCUT2D eigenvalue weighted by Crippen LogP contribution is 2.23. The summed E-state index contributed by atoms with van der Waals surface area (Å²) in [6.07, 6.45) is 3.24. The molecule has 5 nitrogen and oxygen atoms in total. The van der Waals surface area contributed by atoms with Crippen molar-refractivity contribution in [3.8, 4) is 16.9 Å². The van der Waals surface area contributed by atoms with Gasteiger partial charge < -0.3 is 5.11 Å². The topological polar surface area (TPSA) is 68.0 Å². The van der Waals surface area contributed by atoms with Gasteiger partial charge in [-0.15, -0.1) is 0 Å². The van der Waals surface area contributed by atoms with Crippen molar-refractivity contribution < 1.29 is 14.3 Å². The van der Waals surface area contributed by atoms with Crippen molar-refractivity contribution in [1.29, 1.82) is 0 Å². The maximum atomic E-state index is 13.0. The van der Waals surface area contributed by atoms with Gasteiger partial charge in [0, 0.05) is 18.0 Å². The molecule has 0 bridgehead atoms. The number of hydrogen-bond acceptors (Lipinski definition) is 3. The average molecular weight is 283 g/mol. The van der Waals surface area contributed by atoms with E-state index in [-0.39, 0.29) is 11.5 Å². The van der Waals surface area contributed by atoms with Crippen LogP contribution in [0.4, 0.5) is 4.39 Å². The van der Waals surface area contributed by atoms with E-state index in [1.807, 2.05) is 0 Å². The lowest BCUT2D eigenvalue weighted by molar-refractivity contribution is 0.0690. The van der Waals surface area contributed by atoms with Crippen LogP contribution in [-0.2, 0) is 0 Å². The second kappa shape index (κ2) is 5.16. The number of carboxylic acids is 1. The quantitative estimate of drug-likeness (QED) is 0.802. The molecule has 1 aromatic carbocycles. The molecule has 0 radical (unpaired) electrons. The Morgan fingerprint density at radius 3 is 2.57 bits per heavy atom. The van der Waals surface area contributed by atoms with E-state index in [1.54, 1.807) is 24.5 Å². The smallest absolute Gasteiger partial charge is 0.356 e. The van der Waals surface area contributed by atoms with Crippen LogP contribution >= 0.6 is 0 Å². The molecule has 0 saturated heterocycles. The monoisotopic (exact) mass is 283 g/mol. The number of aromatic carboxylic acids is 1. The largest absolute Gasteiger partial charge is 0.476 e. The number of hydrogen-bond donors (Lipinski definition) is 1. The number of halogens is 1. The summed E-state index contributed by atoms with van der Waals surface area (Å²) in [4.78, 5) is 15.1. The molecule has 0 spiro atoms. The molecular formula is C15H10FN3O2. The van der Waals surface area contributed by atoms with Crippen molar-refractivity contribution >= 4 is 5.97 Å². The van der Waals surface area contributed by atoms with Gasteiger partial charge in [0.1, 0.15) is 5.82 Å².